The maximum Gasteiger partial charge on any atom is 0.276 e. The summed E-state index contributed by atoms with van der Waals surface area (Å²) >= 11 is 0. The Morgan fingerprint density at radius 2 is 2.00 bits per heavy atom. The molecule has 1 unspecified atom stereocenters. The molecule has 0 radical (unpaired) electrons. The summed E-state index contributed by atoms with van der Waals surface area (Å²) in [6.07, 6.45) is 6.41. The molecule has 114 valence electrons. The highest BCUT2D eigenvalue weighted by Crippen LogP contribution is 2.24. The van der Waals surface area contributed by atoms with Crippen molar-refractivity contribution in [2.75, 3.05) is 26.7 Å². The van der Waals surface area contributed by atoms with Crippen LogP contribution in [0, 0.1) is 0 Å². The molecule has 1 aromatic heterocycles. The summed E-state index contributed by atoms with van der Waals surface area (Å²) in [5, 5.41) is 0. The summed E-state index contributed by atoms with van der Waals surface area (Å²) in [4.78, 5) is 2.31. The Labute approximate surface area is 120 Å². The van der Waals surface area contributed by atoms with Gasteiger partial charge in [0.15, 0.2) is 0 Å². The summed E-state index contributed by atoms with van der Waals surface area (Å²) < 4.78 is 33.4. The van der Waals surface area contributed by atoms with Gasteiger partial charge in [-0.1, -0.05) is 12.8 Å². The van der Waals surface area contributed by atoms with E-state index in [1.165, 1.54) is 19.9 Å². The van der Waals surface area contributed by atoms with Gasteiger partial charge in [-0.15, -0.1) is 0 Å². The van der Waals surface area contributed by atoms with Crippen LogP contribution in [-0.2, 0) is 10.2 Å². The minimum atomic E-state index is -3.42. The normalized spacial score (nSPS) is 19.6. The molecule has 2 N–H and O–H groups in total. The second-order valence-electron chi connectivity index (χ2n) is 5.04. The van der Waals surface area contributed by atoms with E-state index in [0.29, 0.717) is 6.54 Å². The zero-order valence-corrected chi connectivity index (χ0v) is 12.7. The number of likely N-dealkylation sites (tertiary alicyclic amines) is 1. The molecule has 1 fully saturated rings. The largest absolute Gasteiger partial charge is 0.468 e. The SMILES string of the molecule is CNS(=O)(=O)NCC(c1ccco1)N1CCCCCC1. The molecule has 0 spiro atoms. The first kappa shape index (κ1) is 15.5. The van der Waals surface area contributed by atoms with Crippen molar-refractivity contribution >= 4 is 10.2 Å². The Morgan fingerprint density at radius 1 is 1.30 bits per heavy atom. The van der Waals surface area contributed by atoms with Crippen molar-refractivity contribution in [2.45, 2.75) is 31.7 Å². The smallest absolute Gasteiger partial charge is 0.276 e. The van der Waals surface area contributed by atoms with Crippen LogP contribution in [-0.4, -0.2) is 40.0 Å². The van der Waals surface area contributed by atoms with Crippen LogP contribution in [0.1, 0.15) is 37.5 Å². The molecular formula is C13H23N3O3S. The monoisotopic (exact) mass is 301 g/mol. The van der Waals surface area contributed by atoms with Gasteiger partial charge in [-0.25, -0.2) is 9.44 Å². The van der Waals surface area contributed by atoms with Crippen molar-refractivity contribution < 1.29 is 12.8 Å². The Kier molecular flexibility index (Phi) is 5.59. The van der Waals surface area contributed by atoms with Gasteiger partial charge in [-0.3, -0.25) is 4.90 Å². The van der Waals surface area contributed by atoms with Gasteiger partial charge in [0.05, 0.1) is 12.3 Å². The number of hydrogen-bond donors (Lipinski definition) is 2. The van der Waals surface area contributed by atoms with Crippen molar-refractivity contribution in [1.82, 2.24) is 14.3 Å². The number of nitrogens with one attached hydrogen (secondary N) is 2. The predicted octanol–water partition coefficient (Wildman–Crippen LogP) is 1.25. The van der Waals surface area contributed by atoms with Crippen LogP contribution in [0.5, 0.6) is 0 Å². The summed E-state index contributed by atoms with van der Waals surface area (Å²) in [6, 6.07) is 3.70. The van der Waals surface area contributed by atoms with E-state index in [4.69, 9.17) is 4.42 Å². The Bertz CT molecular complexity index is 479. The van der Waals surface area contributed by atoms with Crippen LogP contribution in [0.25, 0.3) is 0 Å². The molecule has 0 bridgehead atoms. The first-order valence-electron chi connectivity index (χ1n) is 7.08. The summed E-state index contributed by atoms with van der Waals surface area (Å²) in [5.74, 6) is 0.811. The van der Waals surface area contributed by atoms with Gasteiger partial charge in [0.2, 0.25) is 0 Å². The maximum absolute atomic E-state index is 11.6. The molecule has 2 heterocycles. The summed E-state index contributed by atoms with van der Waals surface area (Å²) in [6.45, 7) is 2.27. The van der Waals surface area contributed by atoms with Gasteiger partial charge in [0.1, 0.15) is 5.76 Å². The zero-order valence-electron chi connectivity index (χ0n) is 11.8. The van der Waals surface area contributed by atoms with Crippen molar-refractivity contribution in [1.29, 1.82) is 0 Å². The molecule has 20 heavy (non-hydrogen) atoms. The molecule has 0 aliphatic carbocycles. The fourth-order valence-corrected chi connectivity index (χ4v) is 3.08. The van der Waals surface area contributed by atoms with E-state index in [1.807, 2.05) is 12.1 Å². The quantitative estimate of drug-likeness (QED) is 0.829. The van der Waals surface area contributed by atoms with Gasteiger partial charge in [0.25, 0.3) is 10.2 Å². The van der Waals surface area contributed by atoms with E-state index >= 15 is 0 Å². The molecule has 1 aliphatic rings. The van der Waals surface area contributed by atoms with Crippen LogP contribution < -0.4 is 9.44 Å². The second kappa shape index (κ2) is 7.21. The standard InChI is InChI=1S/C13H23N3O3S/c1-14-20(17,18)15-11-12(13-7-6-10-19-13)16-8-4-2-3-5-9-16/h6-7,10,12,14-15H,2-5,8-9,11H2,1H3. The molecule has 1 aliphatic heterocycles. The van der Waals surface area contributed by atoms with E-state index in [9.17, 15) is 8.42 Å². The first-order chi connectivity index (χ1) is 9.62. The van der Waals surface area contributed by atoms with Crippen LogP contribution in [0.15, 0.2) is 22.8 Å². The lowest BCUT2D eigenvalue weighted by atomic mass is 10.2. The minimum Gasteiger partial charge on any atom is -0.468 e. The number of furan rings is 1. The van der Waals surface area contributed by atoms with E-state index in [0.717, 1.165) is 31.7 Å². The summed E-state index contributed by atoms with van der Waals surface area (Å²) in [7, 11) is -2.02. The van der Waals surface area contributed by atoms with Gasteiger partial charge >= 0.3 is 0 Å². The zero-order chi connectivity index (χ0) is 14.4. The van der Waals surface area contributed by atoms with Crippen LogP contribution >= 0.6 is 0 Å². The second-order valence-corrected chi connectivity index (χ2v) is 6.74. The van der Waals surface area contributed by atoms with E-state index in [-0.39, 0.29) is 6.04 Å². The van der Waals surface area contributed by atoms with Gasteiger partial charge in [-0.2, -0.15) is 8.42 Å². The molecule has 1 saturated heterocycles. The average molecular weight is 301 g/mol. The molecule has 6 nitrogen and oxygen atoms in total. The fraction of sp³-hybridized carbons (Fsp3) is 0.692. The van der Waals surface area contributed by atoms with Crippen LogP contribution in [0.4, 0.5) is 0 Å². The molecule has 1 atom stereocenters. The van der Waals surface area contributed by atoms with Crippen molar-refractivity contribution in [3.63, 3.8) is 0 Å². The van der Waals surface area contributed by atoms with Crippen LogP contribution in [0.3, 0.4) is 0 Å². The molecule has 2 rings (SSSR count). The Morgan fingerprint density at radius 3 is 2.55 bits per heavy atom. The molecule has 0 amide bonds. The Balaban J connectivity index is 2.08. The van der Waals surface area contributed by atoms with Gasteiger partial charge in [-0.05, 0) is 38.1 Å². The van der Waals surface area contributed by atoms with Crippen molar-refractivity contribution in [3.8, 4) is 0 Å². The predicted molar refractivity (Wildman–Crippen MR) is 77.5 cm³/mol. The highest BCUT2D eigenvalue weighted by Gasteiger charge is 2.25. The number of rotatable bonds is 6. The van der Waals surface area contributed by atoms with Crippen LogP contribution in [0.2, 0.25) is 0 Å². The van der Waals surface area contributed by atoms with Crippen molar-refractivity contribution in [3.05, 3.63) is 24.2 Å². The molecule has 0 aromatic carbocycles. The average Bonchev–Trinajstić information content (AvgIpc) is 2.82. The first-order valence-corrected chi connectivity index (χ1v) is 8.56. The lowest BCUT2D eigenvalue weighted by molar-refractivity contribution is 0.182. The number of nitrogens with zero attached hydrogens (tertiary/aromatic N) is 1. The minimum absolute atomic E-state index is 0.0498. The highest BCUT2D eigenvalue weighted by atomic mass is 32.2. The molecule has 0 saturated carbocycles. The lowest BCUT2D eigenvalue weighted by Crippen LogP contribution is -2.41. The van der Waals surface area contributed by atoms with E-state index < -0.39 is 10.2 Å². The topological polar surface area (TPSA) is 74.6 Å². The van der Waals surface area contributed by atoms with E-state index in [2.05, 4.69) is 14.3 Å². The number of hydrogen-bond acceptors (Lipinski definition) is 4. The van der Waals surface area contributed by atoms with Crippen molar-refractivity contribution in [2.24, 2.45) is 0 Å². The van der Waals surface area contributed by atoms with Gasteiger partial charge in [0, 0.05) is 13.6 Å². The maximum atomic E-state index is 11.6. The molecule has 1 aromatic rings. The summed E-state index contributed by atoms with van der Waals surface area (Å²) in [5.41, 5.74) is 0. The third-order valence-corrected chi connectivity index (χ3v) is 4.77. The molecule has 7 heteroatoms. The highest BCUT2D eigenvalue weighted by molar-refractivity contribution is 7.87. The van der Waals surface area contributed by atoms with Gasteiger partial charge < -0.3 is 4.42 Å². The fourth-order valence-electron chi connectivity index (χ4n) is 2.56. The lowest BCUT2D eigenvalue weighted by Gasteiger charge is -2.29. The third kappa shape index (κ3) is 4.31. The molecular weight excluding hydrogens is 278 g/mol. The van der Waals surface area contributed by atoms with E-state index in [1.54, 1.807) is 6.26 Å². The Hall–Kier alpha value is -0.890. The third-order valence-electron chi connectivity index (χ3n) is 3.69.